The van der Waals surface area contributed by atoms with Crippen LogP contribution in [0, 0.1) is 0 Å². The fraction of sp³-hybridized carbons (Fsp3) is 0.522. The molecule has 1 aliphatic rings. The summed E-state index contributed by atoms with van der Waals surface area (Å²) in [6, 6.07) is 8.12. The van der Waals surface area contributed by atoms with Crippen LogP contribution in [0.4, 0.5) is 0 Å². The van der Waals surface area contributed by atoms with Crippen molar-refractivity contribution in [1.29, 1.82) is 0 Å². The van der Waals surface area contributed by atoms with Crippen molar-refractivity contribution in [3.05, 3.63) is 34.7 Å². The maximum atomic E-state index is 12.4. The molecule has 1 amide bonds. The first-order valence-corrected chi connectivity index (χ1v) is 10.9. The first-order valence-electron chi connectivity index (χ1n) is 10.9. The third kappa shape index (κ3) is 4.35. The highest BCUT2D eigenvalue weighted by molar-refractivity contribution is 5.90. The Balaban J connectivity index is 1.28. The minimum absolute atomic E-state index is 0.173. The molecule has 4 rings (SSSR count). The molecule has 0 unspecified atom stereocenters. The molecule has 3 aromatic rings. The second-order valence-electron chi connectivity index (χ2n) is 8.30. The lowest BCUT2D eigenvalue weighted by Crippen LogP contribution is -2.38. The summed E-state index contributed by atoms with van der Waals surface area (Å²) in [6.45, 7) is 0.574. The van der Waals surface area contributed by atoms with Crippen molar-refractivity contribution in [3.8, 4) is 5.75 Å². The van der Waals surface area contributed by atoms with Crippen LogP contribution in [-0.4, -0.2) is 45.0 Å². The molecule has 0 spiro atoms. The smallest absolute Gasteiger partial charge is 0.327 e. The first kappa shape index (κ1) is 20.4. The Morgan fingerprint density at radius 1 is 1.23 bits per heavy atom. The van der Waals surface area contributed by atoms with Crippen molar-refractivity contribution in [1.82, 2.24) is 19.4 Å². The number of benzene rings is 1. The third-order valence-corrected chi connectivity index (χ3v) is 6.23. The second kappa shape index (κ2) is 8.90. The highest BCUT2D eigenvalue weighted by Gasteiger charge is 2.21. The molecule has 0 radical (unpaired) electrons. The lowest BCUT2D eigenvalue weighted by molar-refractivity contribution is -0.132. The van der Waals surface area contributed by atoms with Crippen LogP contribution in [0.5, 0.6) is 5.75 Å². The van der Waals surface area contributed by atoms with E-state index in [9.17, 15) is 9.59 Å². The fourth-order valence-electron chi connectivity index (χ4n) is 4.29. The molecule has 1 aliphatic carbocycles. The molecule has 0 atom stereocenters. The number of aromatic amines is 1. The molecule has 1 N–H and O–H groups in total. The molecule has 30 heavy (non-hydrogen) atoms. The van der Waals surface area contributed by atoms with E-state index in [2.05, 4.69) is 9.97 Å². The Morgan fingerprint density at radius 2 is 2.03 bits per heavy atom. The molecule has 160 valence electrons. The topological polar surface area (TPSA) is 80.2 Å². The van der Waals surface area contributed by atoms with E-state index in [4.69, 9.17) is 4.74 Å². The number of hydrogen-bond donors (Lipinski definition) is 1. The van der Waals surface area contributed by atoms with Gasteiger partial charge in [0.05, 0.1) is 17.6 Å². The van der Waals surface area contributed by atoms with Crippen LogP contribution in [0.1, 0.15) is 51.4 Å². The molecule has 1 saturated carbocycles. The SMILES string of the molecule is CN(C(=O)CCCCOc1ccc2nc3[nH]c(=O)n(C)c3cc2c1)C1CCCCC1. The van der Waals surface area contributed by atoms with Crippen LogP contribution in [0.3, 0.4) is 0 Å². The predicted molar refractivity (Wildman–Crippen MR) is 118 cm³/mol. The molecule has 0 aliphatic heterocycles. The molecule has 2 aromatic heterocycles. The van der Waals surface area contributed by atoms with E-state index in [0.29, 0.717) is 24.7 Å². The Morgan fingerprint density at radius 3 is 2.83 bits per heavy atom. The number of hydrogen-bond acceptors (Lipinski definition) is 4. The van der Waals surface area contributed by atoms with Gasteiger partial charge in [0, 0.05) is 31.9 Å². The van der Waals surface area contributed by atoms with E-state index >= 15 is 0 Å². The van der Waals surface area contributed by atoms with Gasteiger partial charge in [0.1, 0.15) is 5.75 Å². The van der Waals surface area contributed by atoms with Crippen LogP contribution < -0.4 is 10.4 Å². The first-order chi connectivity index (χ1) is 14.5. The van der Waals surface area contributed by atoms with E-state index in [-0.39, 0.29) is 11.6 Å². The van der Waals surface area contributed by atoms with Crippen molar-refractivity contribution < 1.29 is 9.53 Å². The Hall–Kier alpha value is -2.83. The van der Waals surface area contributed by atoms with Gasteiger partial charge in [0.2, 0.25) is 5.91 Å². The van der Waals surface area contributed by atoms with Crippen molar-refractivity contribution in [3.63, 3.8) is 0 Å². The summed E-state index contributed by atoms with van der Waals surface area (Å²) in [5, 5.41) is 0.930. The Kier molecular flexibility index (Phi) is 6.06. The molecular weight excluding hydrogens is 380 g/mol. The van der Waals surface area contributed by atoms with E-state index in [0.717, 1.165) is 47.9 Å². The molecule has 2 heterocycles. The number of carbonyl (C=O) groups is 1. The number of carbonyl (C=O) groups excluding carboxylic acids is 1. The third-order valence-electron chi connectivity index (χ3n) is 6.23. The maximum Gasteiger partial charge on any atom is 0.327 e. The normalized spacial score (nSPS) is 15.0. The summed E-state index contributed by atoms with van der Waals surface area (Å²) in [7, 11) is 3.68. The molecule has 7 nitrogen and oxygen atoms in total. The van der Waals surface area contributed by atoms with Gasteiger partial charge in [0.15, 0.2) is 5.65 Å². The molecule has 7 heteroatoms. The Bertz CT molecular complexity index is 1090. The zero-order valence-electron chi connectivity index (χ0n) is 17.8. The molecule has 1 fully saturated rings. The minimum Gasteiger partial charge on any atom is -0.494 e. The zero-order valence-corrected chi connectivity index (χ0v) is 17.8. The highest BCUT2D eigenvalue weighted by Crippen LogP contribution is 2.24. The second-order valence-corrected chi connectivity index (χ2v) is 8.30. The van der Waals surface area contributed by atoms with E-state index in [1.165, 1.54) is 19.3 Å². The monoisotopic (exact) mass is 410 g/mol. The average molecular weight is 411 g/mol. The van der Waals surface area contributed by atoms with Crippen molar-refractivity contribution >= 4 is 28.0 Å². The summed E-state index contributed by atoms with van der Waals surface area (Å²) < 4.78 is 7.44. The maximum absolute atomic E-state index is 12.4. The van der Waals surface area contributed by atoms with Crippen LogP contribution in [0.25, 0.3) is 22.1 Å². The minimum atomic E-state index is -0.173. The largest absolute Gasteiger partial charge is 0.494 e. The van der Waals surface area contributed by atoms with Gasteiger partial charge in [-0.1, -0.05) is 19.3 Å². The number of pyridine rings is 1. The number of nitrogens with one attached hydrogen (secondary N) is 1. The number of unbranched alkanes of at least 4 members (excludes halogenated alkanes) is 1. The number of nitrogens with zero attached hydrogens (tertiary/aromatic N) is 3. The summed E-state index contributed by atoms with van der Waals surface area (Å²) in [5.74, 6) is 1.02. The van der Waals surface area contributed by atoms with Crippen LogP contribution >= 0.6 is 0 Å². The van der Waals surface area contributed by atoms with Gasteiger partial charge in [-0.25, -0.2) is 9.78 Å². The van der Waals surface area contributed by atoms with Gasteiger partial charge in [0.25, 0.3) is 0 Å². The summed E-state index contributed by atoms with van der Waals surface area (Å²) in [5.41, 5.74) is 2.00. The lowest BCUT2D eigenvalue weighted by Gasteiger charge is -2.31. The number of imidazole rings is 1. The quantitative estimate of drug-likeness (QED) is 0.602. The van der Waals surface area contributed by atoms with Gasteiger partial charge in [-0.3, -0.25) is 14.3 Å². The summed E-state index contributed by atoms with van der Waals surface area (Å²) >= 11 is 0. The van der Waals surface area contributed by atoms with Crippen molar-refractivity contribution in [2.75, 3.05) is 13.7 Å². The van der Waals surface area contributed by atoms with Crippen LogP contribution in [0.2, 0.25) is 0 Å². The highest BCUT2D eigenvalue weighted by atomic mass is 16.5. The predicted octanol–water partition coefficient (Wildman–Crippen LogP) is 3.76. The number of fused-ring (bicyclic) bond motifs is 2. The van der Waals surface area contributed by atoms with E-state index in [1.807, 2.05) is 36.2 Å². The standard InChI is InChI=1S/C23H30N4O3/c1-26(17-8-4-3-5-9-17)21(28)10-6-7-13-30-18-11-12-19-16(14-18)15-20-22(24-19)25-23(29)27(20)2/h11-12,14-15,17H,3-10,13H2,1-2H3,(H,24,25,29). The molecular formula is C23H30N4O3. The number of aromatic nitrogens is 3. The van der Waals surface area contributed by atoms with Crippen molar-refractivity contribution in [2.45, 2.75) is 57.4 Å². The van der Waals surface area contributed by atoms with E-state index < -0.39 is 0 Å². The van der Waals surface area contributed by atoms with Crippen molar-refractivity contribution in [2.24, 2.45) is 7.05 Å². The van der Waals surface area contributed by atoms with Gasteiger partial charge >= 0.3 is 5.69 Å². The molecule has 0 bridgehead atoms. The van der Waals surface area contributed by atoms with Gasteiger partial charge < -0.3 is 9.64 Å². The number of amides is 1. The number of ether oxygens (including phenoxy) is 1. The number of aryl methyl sites for hydroxylation is 1. The molecule has 0 saturated heterocycles. The fourth-order valence-corrected chi connectivity index (χ4v) is 4.29. The summed E-state index contributed by atoms with van der Waals surface area (Å²) in [4.78, 5) is 33.4. The average Bonchev–Trinajstić information content (AvgIpc) is 3.04. The number of H-pyrrole nitrogens is 1. The zero-order chi connectivity index (χ0) is 21.1. The van der Waals surface area contributed by atoms with Gasteiger partial charge in [-0.2, -0.15) is 0 Å². The summed E-state index contributed by atoms with van der Waals surface area (Å²) in [6.07, 6.45) is 8.32. The van der Waals surface area contributed by atoms with E-state index in [1.54, 1.807) is 11.6 Å². The lowest BCUT2D eigenvalue weighted by atomic mass is 9.94. The van der Waals surface area contributed by atoms with Gasteiger partial charge in [-0.05, 0) is 49.9 Å². The Labute approximate surface area is 176 Å². The van der Waals surface area contributed by atoms with Gasteiger partial charge in [-0.15, -0.1) is 0 Å². The number of rotatable bonds is 7. The van der Waals surface area contributed by atoms with Crippen LogP contribution in [0.15, 0.2) is 29.1 Å². The molecule has 1 aromatic carbocycles. The van der Waals surface area contributed by atoms with Crippen LogP contribution in [-0.2, 0) is 11.8 Å².